The van der Waals surface area contributed by atoms with Crippen molar-refractivity contribution in [2.24, 2.45) is 4.99 Å². The van der Waals surface area contributed by atoms with Crippen molar-refractivity contribution in [3.8, 4) is 5.75 Å². The fraction of sp³-hybridized carbons (Fsp3) is 0.269. The molecule has 0 spiro atoms. The highest BCUT2D eigenvalue weighted by molar-refractivity contribution is 7.07. The van der Waals surface area contributed by atoms with Gasteiger partial charge in [-0.1, -0.05) is 66.1 Å². The van der Waals surface area contributed by atoms with Gasteiger partial charge in [0.15, 0.2) is 4.80 Å². The predicted molar refractivity (Wildman–Crippen MR) is 139 cm³/mol. The maximum atomic E-state index is 13.6. The molecule has 1 unspecified atom stereocenters. The number of hydrogen-bond donors (Lipinski definition) is 0. The van der Waals surface area contributed by atoms with E-state index in [1.165, 1.54) is 23.0 Å². The fourth-order valence-corrected chi connectivity index (χ4v) is 5.35. The van der Waals surface area contributed by atoms with Gasteiger partial charge in [0.05, 0.1) is 35.6 Å². The molecule has 0 bridgehead atoms. The van der Waals surface area contributed by atoms with Gasteiger partial charge < -0.3 is 9.47 Å². The summed E-state index contributed by atoms with van der Waals surface area (Å²) in [6, 6.07) is 11.8. The van der Waals surface area contributed by atoms with Gasteiger partial charge >= 0.3 is 5.97 Å². The Labute approximate surface area is 216 Å². The molecular formula is C26H24Cl2N2O4S. The number of methoxy groups -OCH3 is 1. The first-order valence-corrected chi connectivity index (χ1v) is 12.7. The number of carbonyl (C=O) groups is 1. The average molecular weight is 531 g/mol. The van der Waals surface area contributed by atoms with Gasteiger partial charge in [0.2, 0.25) is 0 Å². The molecule has 0 saturated heterocycles. The number of esters is 1. The number of benzene rings is 2. The summed E-state index contributed by atoms with van der Waals surface area (Å²) in [5, 5.41) is 0.944. The van der Waals surface area contributed by atoms with Crippen molar-refractivity contribution >= 4 is 46.6 Å². The van der Waals surface area contributed by atoms with Crippen molar-refractivity contribution in [3.63, 3.8) is 0 Å². The van der Waals surface area contributed by atoms with Crippen LogP contribution in [0.2, 0.25) is 10.0 Å². The first-order chi connectivity index (χ1) is 16.8. The molecule has 182 valence electrons. The lowest BCUT2D eigenvalue weighted by molar-refractivity contribution is -0.136. The molecule has 9 heteroatoms. The van der Waals surface area contributed by atoms with E-state index in [0.717, 1.165) is 24.2 Å². The molecule has 0 fully saturated rings. The Hall–Kier alpha value is -2.87. The molecule has 2 heterocycles. The van der Waals surface area contributed by atoms with Crippen LogP contribution in [0.25, 0.3) is 6.08 Å². The van der Waals surface area contributed by atoms with Gasteiger partial charge in [-0.3, -0.25) is 9.36 Å². The van der Waals surface area contributed by atoms with E-state index in [1.807, 2.05) is 24.3 Å². The molecular weight excluding hydrogens is 507 g/mol. The zero-order valence-electron chi connectivity index (χ0n) is 19.5. The highest BCUT2D eigenvalue weighted by Crippen LogP contribution is 2.31. The summed E-state index contributed by atoms with van der Waals surface area (Å²) in [5.74, 6) is 0.196. The zero-order chi connectivity index (χ0) is 25.1. The molecule has 1 atom stereocenters. The van der Waals surface area contributed by atoms with Gasteiger partial charge in [0.25, 0.3) is 5.56 Å². The Kier molecular flexibility index (Phi) is 7.79. The Morgan fingerprint density at radius 3 is 2.60 bits per heavy atom. The van der Waals surface area contributed by atoms with E-state index in [1.54, 1.807) is 31.2 Å². The molecule has 0 saturated carbocycles. The van der Waals surface area contributed by atoms with Crippen molar-refractivity contribution in [2.45, 2.75) is 32.7 Å². The number of aromatic nitrogens is 1. The molecule has 0 radical (unpaired) electrons. The normalized spacial score (nSPS) is 15.6. The largest absolute Gasteiger partial charge is 0.494 e. The van der Waals surface area contributed by atoms with Crippen LogP contribution in [0.5, 0.6) is 5.75 Å². The van der Waals surface area contributed by atoms with Gasteiger partial charge in [-0.2, -0.15) is 0 Å². The van der Waals surface area contributed by atoms with E-state index in [4.69, 9.17) is 32.7 Å². The van der Waals surface area contributed by atoms with Crippen LogP contribution in [-0.2, 0) is 9.53 Å². The lowest BCUT2D eigenvalue weighted by atomic mass is 9.96. The van der Waals surface area contributed by atoms with Crippen molar-refractivity contribution in [1.29, 1.82) is 0 Å². The lowest BCUT2D eigenvalue weighted by Gasteiger charge is -2.24. The third-order valence-electron chi connectivity index (χ3n) is 5.64. The standard InChI is InChI=1S/C26H24Cl2N2O4S/c1-4-5-12-34-19-10-7-16(8-11-19)23-22(25(32)33-3)15(2)29-26-30(23)24(31)21(35-26)13-17-6-9-18(27)14-20(17)28/h6-11,13-14,23H,4-5,12H2,1-3H3/b21-13-. The molecule has 0 aliphatic carbocycles. The minimum absolute atomic E-state index is 0.276. The third kappa shape index (κ3) is 5.22. The molecule has 35 heavy (non-hydrogen) atoms. The Bertz CT molecular complexity index is 1470. The lowest BCUT2D eigenvalue weighted by Crippen LogP contribution is -2.39. The molecule has 3 aromatic rings. The summed E-state index contributed by atoms with van der Waals surface area (Å²) < 4.78 is 12.8. The number of nitrogens with zero attached hydrogens (tertiary/aromatic N) is 2. The first kappa shape index (κ1) is 25.2. The molecule has 1 aromatic heterocycles. The van der Waals surface area contributed by atoms with Crippen LogP contribution >= 0.6 is 34.5 Å². The SMILES string of the molecule is CCCCOc1ccc(C2C(C(=O)OC)=C(C)N=c3s/c(=C\c4ccc(Cl)cc4Cl)c(=O)n32)cc1. The third-order valence-corrected chi connectivity index (χ3v) is 7.18. The van der Waals surface area contributed by atoms with Gasteiger partial charge in [-0.25, -0.2) is 9.79 Å². The van der Waals surface area contributed by atoms with Gasteiger partial charge in [-0.15, -0.1) is 0 Å². The van der Waals surface area contributed by atoms with Crippen molar-refractivity contribution in [1.82, 2.24) is 4.57 Å². The molecule has 6 nitrogen and oxygen atoms in total. The molecule has 4 rings (SSSR count). The molecule has 1 aliphatic heterocycles. The summed E-state index contributed by atoms with van der Waals surface area (Å²) in [6.07, 6.45) is 3.72. The Morgan fingerprint density at radius 1 is 1.20 bits per heavy atom. The topological polar surface area (TPSA) is 69.9 Å². The van der Waals surface area contributed by atoms with Crippen molar-refractivity contribution in [2.75, 3.05) is 13.7 Å². The van der Waals surface area contributed by atoms with E-state index in [2.05, 4.69) is 11.9 Å². The number of thiazole rings is 1. The van der Waals surface area contributed by atoms with Crippen LogP contribution in [0.1, 0.15) is 43.9 Å². The number of allylic oxidation sites excluding steroid dienone is 1. The highest BCUT2D eigenvalue weighted by Gasteiger charge is 2.33. The maximum Gasteiger partial charge on any atom is 0.338 e. The van der Waals surface area contributed by atoms with E-state index >= 15 is 0 Å². The number of hydrogen-bond acceptors (Lipinski definition) is 6. The van der Waals surface area contributed by atoms with Crippen molar-refractivity contribution in [3.05, 3.63) is 94.6 Å². The number of rotatable bonds is 7. The highest BCUT2D eigenvalue weighted by atomic mass is 35.5. The Morgan fingerprint density at radius 2 is 1.94 bits per heavy atom. The summed E-state index contributed by atoms with van der Waals surface area (Å²) in [5.41, 5.74) is 1.95. The quantitative estimate of drug-likeness (QED) is 0.322. The zero-order valence-corrected chi connectivity index (χ0v) is 21.8. The number of carbonyl (C=O) groups excluding carboxylic acids is 1. The van der Waals surface area contributed by atoms with Crippen LogP contribution in [0.4, 0.5) is 0 Å². The summed E-state index contributed by atoms with van der Waals surface area (Å²) in [4.78, 5) is 31.4. The number of fused-ring (bicyclic) bond motifs is 1. The first-order valence-electron chi connectivity index (χ1n) is 11.1. The second-order valence-corrected chi connectivity index (χ2v) is 9.86. The molecule has 0 amide bonds. The van der Waals surface area contributed by atoms with E-state index in [-0.39, 0.29) is 5.56 Å². The van der Waals surface area contributed by atoms with Gasteiger partial charge in [0, 0.05) is 10.0 Å². The minimum atomic E-state index is -0.689. The fourth-order valence-electron chi connectivity index (χ4n) is 3.85. The molecule has 0 N–H and O–H groups in total. The van der Waals surface area contributed by atoms with Crippen LogP contribution in [0.15, 0.2) is 63.5 Å². The molecule has 1 aliphatic rings. The summed E-state index contributed by atoms with van der Waals surface area (Å²) >= 11 is 13.6. The summed E-state index contributed by atoms with van der Waals surface area (Å²) in [6.45, 7) is 4.48. The number of halogens is 2. The average Bonchev–Trinajstić information content (AvgIpc) is 3.14. The summed E-state index contributed by atoms with van der Waals surface area (Å²) in [7, 11) is 1.32. The second kappa shape index (κ2) is 10.8. The van der Waals surface area contributed by atoms with Crippen LogP contribution in [-0.4, -0.2) is 24.3 Å². The number of unbranched alkanes of at least 4 members (excludes halogenated alkanes) is 1. The van der Waals surface area contributed by atoms with E-state index in [0.29, 0.717) is 42.8 Å². The van der Waals surface area contributed by atoms with Crippen LogP contribution < -0.4 is 19.6 Å². The second-order valence-electron chi connectivity index (χ2n) is 8.01. The molecule has 2 aromatic carbocycles. The van der Waals surface area contributed by atoms with Crippen LogP contribution in [0.3, 0.4) is 0 Å². The van der Waals surface area contributed by atoms with E-state index < -0.39 is 12.0 Å². The van der Waals surface area contributed by atoms with E-state index in [9.17, 15) is 9.59 Å². The van der Waals surface area contributed by atoms with Gasteiger partial charge in [0.1, 0.15) is 5.75 Å². The smallest absolute Gasteiger partial charge is 0.338 e. The number of ether oxygens (including phenoxy) is 2. The predicted octanol–water partition coefficient (Wildman–Crippen LogP) is 4.89. The van der Waals surface area contributed by atoms with Crippen LogP contribution in [0, 0.1) is 0 Å². The Balaban J connectivity index is 1.85. The minimum Gasteiger partial charge on any atom is -0.494 e. The van der Waals surface area contributed by atoms with Crippen molar-refractivity contribution < 1.29 is 14.3 Å². The van der Waals surface area contributed by atoms with Gasteiger partial charge in [-0.05, 0) is 54.8 Å². The monoisotopic (exact) mass is 530 g/mol. The maximum absolute atomic E-state index is 13.6.